The molecule has 5 nitrogen and oxygen atoms in total. The number of hydrogen-bond donors (Lipinski definition) is 1. The fraction of sp³-hybridized carbons (Fsp3) is 0.250. The first kappa shape index (κ1) is 19.7. The number of anilines is 1. The summed E-state index contributed by atoms with van der Waals surface area (Å²) in [6.45, 7) is 2.29. The zero-order valence-corrected chi connectivity index (χ0v) is 15.2. The van der Waals surface area contributed by atoms with E-state index >= 15 is 0 Å². The van der Waals surface area contributed by atoms with Crippen LogP contribution in [0.4, 0.5) is 5.69 Å². The molecule has 0 aromatic heterocycles. The summed E-state index contributed by atoms with van der Waals surface area (Å²) in [4.78, 5) is 35.7. The number of esters is 1. The molecule has 1 N–H and O–H groups in total. The van der Waals surface area contributed by atoms with Crippen molar-refractivity contribution in [3.63, 3.8) is 0 Å². The highest BCUT2D eigenvalue weighted by Gasteiger charge is 2.11. The Morgan fingerprint density at radius 2 is 1.54 bits per heavy atom. The molecule has 0 heterocycles. The van der Waals surface area contributed by atoms with E-state index in [1.54, 1.807) is 48.5 Å². The first-order valence-corrected chi connectivity index (χ1v) is 8.73. The lowest BCUT2D eigenvalue weighted by Crippen LogP contribution is -2.13. The minimum absolute atomic E-state index is 0.0712. The molecule has 0 aliphatic carbocycles. The Kier molecular flexibility index (Phi) is 7.36. The van der Waals surface area contributed by atoms with Crippen LogP contribution in [0.5, 0.6) is 0 Å². The van der Waals surface area contributed by atoms with Crippen LogP contribution in [-0.2, 0) is 9.53 Å². The summed E-state index contributed by atoms with van der Waals surface area (Å²) in [6.07, 6.45) is 0.936. The molecule has 0 unspecified atom stereocenters. The topological polar surface area (TPSA) is 72.5 Å². The van der Waals surface area contributed by atoms with Crippen molar-refractivity contribution >= 4 is 34.9 Å². The van der Waals surface area contributed by atoms with Crippen LogP contribution in [0.1, 0.15) is 46.9 Å². The van der Waals surface area contributed by atoms with Gasteiger partial charge in [0, 0.05) is 29.1 Å². The summed E-state index contributed by atoms with van der Waals surface area (Å²) >= 11 is 5.79. The van der Waals surface area contributed by atoms with Gasteiger partial charge in [-0.2, -0.15) is 0 Å². The summed E-state index contributed by atoms with van der Waals surface area (Å²) in [5, 5.41) is 3.26. The molecule has 0 radical (unpaired) electrons. The van der Waals surface area contributed by atoms with Gasteiger partial charge in [0.05, 0.1) is 12.2 Å². The number of hydrogen-bond acceptors (Lipinski definition) is 4. The number of halogens is 1. The van der Waals surface area contributed by atoms with Gasteiger partial charge in [0.1, 0.15) is 0 Å². The molecular weight excluding hydrogens is 354 g/mol. The minimum atomic E-state index is -0.390. The van der Waals surface area contributed by atoms with E-state index in [4.69, 9.17) is 16.3 Å². The van der Waals surface area contributed by atoms with E-state index in [1.807, 2.05) is 6.92 Å². The molecule has 0 saturated carbocycles. The van der Waals surface area contributed by atoms with Gasteiger partial charge < -0.3 is 10.1 Å². The van der Waals surface area contributed by atoms with Gasteiger partial charge in [-0.1, -0.05) is 18.5 Å². The first-order chi connectivity index (χ1) is 12.5. The molecule has 0 spiro atoms. The third-order valence-corrected chi connectivity index (χ3v) is 3.84. The molecule has 26 heavy (non-hydrogen) atoms. The van der Waals surface area contributed by atoms with Crippen LogP contribution in [0.15, 0.2) is 48.5 Å². The van der Waals surface area contributed by atoms with E-state index in [9.17, 15) is 14.4 Å². The van der Waals surface area contributed by atoms with Crippen molar-refractivity contribution in [3.8, 4) is 0 Å². The average Bonchev–Trinajstić information content (AvgIpc) is 2.65. The lowest BCUT2D eigenvalue weighted by Gasteiger charge is -2.07. The number of rotatable bonds is 8. The standard InChI is InChI=1S/C20H20ClNO4/c1-2-13-26-20(25)15-5-9-17(10-6-15)22-19(24)12-11-18(23)14-3-7-16(21)8-4-14/h3-10H,2,11-13H2,1H3,(H,22,24). The Bertz CT molecular complexity index is 769. The predicted octanol–water partition coefficient (Wildman–Crippen LogP) is 4.51. The van der Waals surface area contributed by atoms with E-state index in [2.05, 4.69) is 5.32 Å². The van der Waals surface area contributed by atoms with Crippen LogP contribution in [0.2, 0.25) is 5.02 Å². The monoisotopic (exact) mass is 373 g/mol. The van der Waals surface area contributed by atoms with Gasteiger partial charge in [0.25, 0.3) is 0 Å². The normalized spacial score (nSPS) is 10.2. The smallest absolute Gasteiger partial charge is 0.338 e. The van der Waals surface area contributed by atoms with Crippen molar-refractivity contribution in [2.45, 2.75) is 26.2 Å². The van der Waals surface area contributed by atoms with E-state index in [0.717, 1.165) is 6.42 Å². The summed E-state index contributed by atoms with van der Waals surface area (Å²) in [6, 6.07) is 13.0. The summed E-state index contributed by atoms with van der Waals surface area (Å²) in [7, 11) is 0. The van der Waals surface area contributed by atoms with E-state index < -0.39 is 5.97 Å². The summed E-state index contributed by atoms with van der Waals surface area (Å²) in [5.41, 5.74) is 1.51. The number of amides is 1. The van der Waals surface area contributed by atoms with E-state index in [1.165, 1.54) is 0 Å². The number of ether oxygens (including phenoxy) is 1. The van der Waals surface area contributed by atoms with Gasteiger partial charge in [-0.15, -0.1) is 0 Å². The molecular formula is C20H20ClNO4. The van der Waals surface area contributed by atoms with Gasteiger partial charge in [-0.05, 0) is 55.0 Å². The van der Waals surface area contributed by atoms with Crippen molar-refractivity contribution in [1.29, 1.82) is 0 Å². The van der Waals surface area contributed by atoms with Crippen LogP contribution in [-0.4, -0.2) is 24.3 Å². The SMILES string of the molecule is CCCOC(=O)c1ccc(NC(=O)CCC(=O)c2ccc(Cl)cc2)cc1. The fourth-order valence-corrected chi connectivity index (χ4v) is 2.32. The lowest BCUT2D eigenvalue weighted by molar-refractivity contribution is -0.116. The van der Waals surface area contributed by atoms with Crippen molar-refractivity contribution in [3.05, 3.63) is 64.7 Å². The number of Topliss-reactive ketones (excluding diaryl/α,β-unsaturated/α-hetero) is 1. The quantitative estimate of drug-likeness (QED) is 0.546. The highest BCUT2D eigenvalue weighted by atomic mass is 35.5. The Morgan fingerprint density at radius 1 is 0.923 bits per heavy atom. The number of ketones is 1. The zero-order valence-electron chi connectivity index (χ0n) is 14.5. The van der Waals surface area contributed by atoms with Crippen molar-refractivity contribution in [1.82, 2.24) is 0 Å². The zero-order chi connectivity index (χ0) is 18.9. The van der Waals surface area contributed by atoms with Gasteiger partial charge in [-0.25, -0.2) is 4.79 Å². The van der Waals surface area contributed by atoms with E-state index in [0.29, 0.717) is 28.4 Å². The maximum absolute atomic E-state index is 12.0. The molecule has 6 heteroatoms. The molecule has 136 valence electrons. The molecule has 0 bridgehead atoms. The van der Waals surface area contributed by atoms with Crippen LogP contribution >= 0.6 is 11.6 Å². The van der Waals surface area contributed by atoms with Gasteiger partial charge >= 0.3 is 5.97 Å². The molecule has 0 aliphatic rings. The maximum atomic E-state index is 12.0. The molecule has 2 aromatic rings. The molecule has 0 saturated heterocycles. The van der Waals surface area contributed by atoms with Crippen LogP contribution in [0.3, 0.4) is 0 Å². The molecule has 0 aliphatic heterocycles. The summed E-state index contributed by atoms with van der Waals surface area (Å²) in [5.74, 6) is -0.780. The van der Waals surface area contributed by atoms with Crippen molar-refractivity contribution in [2.24, 2.45) is 0 Å². The van der Waals surface area contributed by atoms with Gasteiger partial charge in [0.15, 0.2) is 5.78 Å². The Balaban J connectivity index is 1.82. The third-order valence-electron chi connectivity index (χ3n) is 3.59. The Morgan fingerprint density at radius 3 is 2.15 bits per heavy atom. The Hall–Kier alpha value is -2.66. The van der Waals surface area contributed by atoms with Crippen LogP contribution in [0.25, 0.3) is 0 Å². The van der Waals surface area contributed by atoms with Gasteiger partial charge in [-0.3, -0.25) is 9.59 Å². The predicted molar refractivity (Wildman–Crippen MR) is 101 cm³/mol. The number of benzene rings is 2. The number of carbonyl (C=O) groups is 3. The minimum Gasteiger partial charge on any atom is -0.462 e. The fourth-order valence-electron chi connectivity index (χ4n) is 2.20. The van der Waals surface area contributed by atoms with Gasteiger partial charge in [0.2, 0.25) is 5.91 Å². The van der Waals surface area contributed by atoms with E-state index in [-0.39, 0.29) is 24.5 Å². The average molecular weight is 374 g/mol. The largest absolute Gasteiger partial charge is 0.462 e. The molecule has 0 atom stereocenters. The first-order valence-electron chi connectivity index (χ1n) is 8.35. The van der Waals surface area contributed by atoms with Crippen LogP contribution in [0, 0.1) is 0 Å². The summed E-state index contributed by atoms with van der Waals surface area (Å²) < 4.78 is 5.04. The molecule has 1 amide bonds. The number of carbonyl (C=O) groups excluding carboxylic acids is 3. The number of nitrogens with one attached hydrogen (secondary N) is 1. The second-order valence-electron chi connectivity index (χ2n) is 5.69. The lowest BCUT2D eigenvalue weighted by atomic mass is 10.1. The van der Waals surface area contributed by atoms with Crippen molar-refractivity contribution in [2.75, 3.05) is 11.9 Å². The maximum Gasteiger partial charge on any atom is 0.338 e. The highest BCUT2D eigenvalue weighted by molar-refractivity contribution is 6.30. The second kappa shape index (κ2) is 9.73. The second-order valence-corrected chi connectivity index (χ2v) is 6.13. The van der Waals surface area contributed by atoms with Crippen molar-refractivity contribution < 1.29 is 19.1 Å². The molecule has 2 rings (SSSR count). The third kappa shape index (κ3) is 6.01. The molecule has 2 aromatic carbocycles. The van der Waals surface area contributed by atoms with Crippen LogP contribution < -0.4 is 5.32 Å². The molecule has 0 fully saturated rings. The highest BCUT2D eigenvalue weighted by Crippen LogP contribution is 2.14. The Labute approximate surface area is 157 Å².